The number of rotatable bonds is 8. The van der Waals surface area contributed by atoms with Gasteiger partial charge >= 0.3 is 0 Å². The second kappa shape index (κ2) is 12.1. The highest BCUT2D eigenvalue weighted by molar-refractivity contribution is 14.0. The lowest BCUT2D eigenvalue weighted by atomic mass is 10.1. The third-order valence-corrected chi connectivity index (χ3v) is 4.54. The highest BCUT2D eigenvalue weighted by Gasteiger charge is 2.05. The molecule has 0 saturated carbocycles. The van der Waals surface area contributed by atoms with Gasteiger partial charge in [0.1, 0.15) is 0 Å². The Morgan fingerprint density at radius 1 is 0.933 bits per heavy atom. The van der Waals surface area contributed by atoms with E-state index in [9.17, 15) is 0 Å². The van der Waals surface area contributed by atoms with Crippen LogP contribution in [0.3, 0.4) is 0 Å². The van der Waals surface area contributed by atoms with Gasteiger partial charge in [-0.2, -0.15) is 0 Å². The van der Waals surface area contributed by atoms with E-state index in [0.717, 1.165) is 23.8 Å². The summed E-state index contributed by atoms with van der Waals surface area (Å²) in [5.74, 6) is 2.17. The molecule has 3 rings (SSSR count). The number of halogens is 1. The Hall–Kier alpha value is -2.75. The summed E-state index contributed by atoms with van der Waals surface area (Å²) in [6.07, 6.45) is 5.58. The van der Waals surface area contributed by atoms with Crippen molar-refractivity contribution in [3.05, 3.63) is 77.9 Å². The van der Waals surface area contributed by atoms with Gasteiger partial charge in [0.25, 0.3) is 0 Å². The molecule has 0 unspecified atom stereocenters. The highest BCUT2D eigenvalue weighted by atomic mass is 127. The summed E-state index contributed by atoms with van der Waals surface area (Å²) in [5.41, 5.74) is 3.51. The number of hydrogen-bond acceptors (Lipinski definition) is 4. The van der Waals surface area contributed by atoms with Crippen molar-refractivity contribution >= 4 is 29.9 Å². The number of hydrogen-bond donors (Lipinski definition) is 2. The molecule has 0 amide bonds. The van der Waals surface area contributed by atoms with E-state index in [1.54, 1.807) is 27.5 Å². The Balaban J connectivity index is 0.00000320. The molecule has 0 spiro atoms. The molecular formula is C22H28IN5O2. The SMILES string of the molecule is CN=C(NCc1ccc(Cn2ccnc2)cc1)NCc1ccc(OC)c(OC)c1.I. The number of ether oxygens (including phenoxy) is 2. The third-order valence-electron chi connectivity index (χ3n) is 4.54. The summed E-state index contributed by atoms with van der Waals surface area (Å²) in [7, 11) is 5.03. The zero-order valence-electron chi connectivity index (χ0n) is 17.5. The van der Waals surface area contributed by atoms with Crippen LogP contribution in [0.5, 0.6) is 11.5 Å². The first-order chi connectivity index (χ1) is 14.2. The van der Waals surface area contributed by atoms with Gasteiger partial charge in [0.2, 0.25) is 0 Å². The number of nitrogens with one attached hydrogen (secondary N) is 2. The molecule has 30 heavy (non-hydrogen) atoms. The summed E-state index contributed by atoms with van der Waals surface area (Å²) >= 11 is 0. The van der Waals surface area contributed by atoms with Gasteiger partial charge in [0, 0.05) is 39.1 Å². The predicted octanol–water partition coefficient (Wildman–Crippen LogP) is 3.43. The molecule has 0 fully saturated rings. The van der Waals surface area contributed by atoms with E-state index in [-0.39, 0.29) is 24.0 Å². The minimum absolute atomic E-state index is 0. The molecular weight excluding hydrogens is 493 g/mol. The first kappa shape index (κ1) is 23.5. The monoisotopic (exact) mass is 521 g/mol. The van der Waals surface area contributed by atoms with Crippen molar-refractivity contribution in [3.8, 4) is 11.5 Å². The maximum atomic E-state index is 5.35. The molecule has 0 bridgehead atoms. The van der Waals surface area contributed by atoms with E-state index in [0.29, 0.717) is 18.8 Å². The average Bonchev–Trinajstić information content (AvgIpc) is 3.27. The van der Waals surface area contributed by atoms with Crippen LogP contribution in [0.2, 0.25) is 0 Å². The standard InChI is InChI=1S/C22H27N5O2.HI/c1-23-22(26-14-19-8-9-20(28-2)21(12-19)29-3)25-13-17-4-6-18(7-5-17)15-27-11-10-24-16-27;/h4-12,16H,13-15H2,1-3H3,(H2,23,25,26);1H. The summed E-state index contributed by atoms with van der Waals surface area (Å²) in [6.45, 7) is 2.14. The maximum absolute atomic E-state index is 5.35. The minimum atomic E-state index is 0. The fourth-order valence-electron chi connectivity index (χ4n) is 2.94. The van der Waals surface area contributed by atoms with E-state index in [2.05, 4.69) is 44.9 Å². The Labute approximate surface area is 194 Å². The first-order valence-corrected chi connectivity index (χ1v) is 9.41. The smallest absolute Gasteiger partial charge is 0.191 e. The van der Waals surface area contributed by atoms with E-state index in [1.165, 1.54) is 11.1 Å². The lowest BCUT2D eigenvalue weighted by molar-refractivity contribution is 0.354. The van der Waals surface area contributed by atoms with Crippen molar-refractivity contribution in [3.63, 3.8) is 0 Å². The summed E-state index contributed by atoms with van der Waals surface area (Å²) < 4.78 is 12.7. The number of aliphatic imine (C=N–C) groups is 1. The van der Waals surface area contributed by atoms with Crippen LogP contribution in [0, 0.1) is 0 Å². The number of guanidine groups is 1. The second-order valence-electron chi connectivity index (χ2n) is 6.52. The number of imidazole rings is 1. The molecule has 0 atom stereocenters. The van der Waals surface area contributed by atoms with Crippen molar-refractivity contribution in [1.82, 2.24) is 20.2 Å². The van der Waals surface area contributed by atoms with Gasteiger partial charge in [-0.1, -0.05) is 30.3 Å². The van der Waals surface area contributed by atoms with Crippen molar-refractivity contribution < 1.29 is 9.47 Å². The van der Waals surface area contributed by atoms with Crippen LogP contribution in [0.4, 0.5) is 0 Å². The molecule has 2 N–H and O–H groups in total. The zero-order valence-corrected chi connectivity index (χ0v) is 19.8. The van der Waals surface area contributed by atoms with Crippen molar-refractivity contribution in [2.75, 3.05) is 21.3 Å². The largest absolute Gasteiger partial charge is 0.493 e. The van der Waals surface area contributed by atoms with Crippen LogP contribution in [0.1, 0.15) is 16.7 Å². The van der Waals surface area contributed by atoms with Crippen molar-refractivity contribution in [2.24, 2.45) is 4.99 Å². The zero-order chi connectivity index (χ0) is 20.5. The summed E-state index contributed by atoms with van der Waals surface area (Å²) in [4.78, 5) is 8.36. The Morgan fingerprint density at radius 2 is 1.57 bits per heavy atom. The lowest BCUT2D eigenvalue weighted by Crippen LogP contribution is -2.36. The number of benzene rings is 2. The molecule has 7 nitrogen and oxygen atoms in total. The summed E-state index contributed by atoms with van der Waals surface area (Å²) in [5, 5.41) is 6.66. The molecule has 3 aromatic rings. The predicted molar refractivity (Wildman–Crippen MR) is 130 cm³/mol. The number of aromatic nitrogens is 2. The fourth-order valence-corrected chi connectivity index (χ4v) is 2.94. The van der Waals surface area contributed by atoms with Gasteiger partial charge in [0.05, 0.1) is 20.5 Å². The maximum Gasteiger partial charge on any atom is 0.191 e. The first-order valence-electron chi connectivity index (χ1n) is 9.41. The topological polar surface area (TPSA) is 72.7 Å². The van der Waals surface area contributed by atoms with Gasteiger partial charge in [-0.3, -0.25) is 4.99 Å². The minimum Gasteiger partial charge on any atom is -0.493 e. The molecule has 2 aromatic carbocycles. The van der Waals surface area contributed by atoms with Crippen molar-refractivity contribution in [1.29, 1.82) is 0 Å². The van der Waals surface area contributed by atoms with Crippen LogP contribution in [0.15, 0.2) is 66.2 Å². The number of methoxy groups -OCH3 is 2. The van der Waals surface area contributed by atoms with Gasteiger partial charge in [0.15, 0.2) is 17.5 Å². The Bertz CT molecular complexity index is 927. The van der Waals surface area contributed by atoms with Gasteiger partial charge in [-0.05, 0) is 28.8 Å². The van der Waals surface area contributed by atoms with Crippen molar-refractivity contribution in [2.45, 2.75) is 19.6 Å². The van der Waals surface area contributed by atoms with E-state index in [4.69, 9.17) is 9.47 Å². The molecule has 8 heteroatoms. The van der Waals surface area contributed by atoms with Crippen LogP contribution < -0.4 is 20.1 Å². The van der Waals surface area contributed by atoms with Crippen LogP contribution >= 0.6 is 24.0 Å². The Morgan fingerprint density at radius 3 is 2.17 bits per heavy atom. The quantitative estimate of drug-likeness (QED) is 0.270. The molecule has 1 aromatic heterocycles. The molecule has 160 valence electrons. The third kappa shape index (κ3) is 6.65. The van der Waals surface area contributed by atoms with E-state index in [1.807, 2.05) is 35.3 Å². The molecule has 1 heterocycles. The molecule has 0 aliphatic rings. The number of nitrogens with zero attached hydrogens (tertiary/aromatic N) is 3. The lowest BCUT2D eigenvalue weighted by Gasteiger charge is -2.14. The normalized spacial score (nSPS) is 10.8. The van der Waals surface area contributed by atoms with Gasteiger partial charge in [-0.15, -0.1) is 24.0 Å². The van der Waals surface area contributed by atoms with E-state index >= 15 is 0 Å². The molecule has 0 saturated heterocycles. The fraction of sp³-hybridized carbons (Fsp3) is 0.273. The summed E-state index contributed by atoms with van der Waals surface area (Å²) in [6, 6.07) is 14.4. The van der Waals surface area contributed by atoms with E-state index < -0.39 is 0 Å². The second-order valence-corrected chi connectivity index (χ2v) is 6.52. The molecule has 0 radical (unpaired) electrons. The van der Waals surface area contributed by atoms with Gasteiger partial charge < -0.3 is 24.7 Å². The van der Waals surface area contributed by atoms with Crippen LogP contribution in [-0.4, -0.2) is 36.8 Å². The molecule has 0 aliphatic carbocycles. The highest BCUT2D eigenvalue weighted by Crippen LogP contribution is 2.27. The van der Waals surface area contributed by atoms with Gasteiger partial charge in [-0.25, -0.2) is 4.98 Å². The average molecular weight is 521 g/mol. The molecule has 0 aliphatic heterocycles. The van der Waals surface area contributed by atoms with Crippen LogP contribution in [0.25, 0.3) is 0 Å². The Kier molecular flexibility index (Phi) is 9.46. The van der Waals surface area contributed by atoms with Crippen LogP contribution in [-0.2, 0) is 19.6 Å².